The van der Waals surface area contributed by atoms with Crippen molar-refractivity contribution < 1.29 is 9.84 Å². The van der Waals surface area contributed by atoms with Crippen LogP contribution in [0.3, 0.4) is 0 Å². The number of benzene rings is 2. The summed E-state index contributed by atoms with van der Waals surface area (Å²) in [5, 5.41) is 25.6. The summed E-state index contributed by atoms with van der Waals surface area (Å²) in [5.41, 5.74) is 1.21. The number of aromatic hydroxyl groups is 1. The molecular formula is C18H16N2O2. The van der Waals surface area contributed by atoms with Gasteiger partial charge in [-0.15, -0.1) is 6.58 Å². The van der Waals surface area contributed by atoms with Gasteiger partial charge in [-0.1, -0.05) is 6.08 Å². The van der Waals surface area contributed by atoms with Crippen LogP contribution in [0, 0.1) is 22.7 Å². The molecule has 2 rings (SSSR count). The van der Waals surface area contributed by atoms with E-state index in [-0.39, 0.29) is 5.75 Å². The Kier molecular flexibility index (Phi) is 7.36. The Morgan fingerprint density at radius 2 is 1.45 bits per heavy atom. The van der Waals surface area contributed by atoms with Crippen molar-refractivity contribution in [3.8, 4) is 23.6 Å². The van der Waals surface area contributed by atoms with Crippen molar-refractivity contribution in [2.75, 3.05) is 6.61 Å². The van der Waals surface area contributed by atoms with Gasteiger partial charge in [0.15, 0.2) is 0 Å². The van der Waals surface area contributed by atoms with E-state index < -0.39 is 0 Å². The second kappa shape index (κ2) is 9.63. The molecule has 22 heavy (non-hydrogen) atoms. The third-order valence-electron chi connectivity index (χ3n) is 2.57. The molecular weight excluding hydrogens is 276 g/mol. The maximum Gasteiger partial charge on any atom is 0.119 e. The highest BCUT2D eigenvalue weighted by molar-refractivity contribution is 5.34. The van der Waals surface area contributed by atoms with E-state index >= 15 is 0 Å². The molecule has 0 unspecified atom stereocenters. The highest BCUT2D eigenvalue weighted by Gasteiger charge is 1.92. The number of rotatable bonds is 4. The molecule has 2 aromatic carbocycles. The van der Waals surface area contributed by atoms with Gasteiger partial charge in [0.1, 0.15) is 11.5 Å². The van der Waals surface area contributed by atoms with E-state index in [1.54, 1.807) is 36.4 Å². The average Bonchev–Trinajstić information content (AvgIpc) is 2.57. The third-order valence-corrected chi connectivity index (χ3v) is 2.57. The number of ether oxygens (including phenoxy) is 1. The van der Waals surface area contributed by atoms with Crippen LogP contribution in [0.25, 0.3) is 0 Å². The lowest BCUT2D eigenvalue weighted by Crippen LogP contribution is -1.94. The first-order valence-electron chi connectivity index (χ1n) is 6.62. The van der Waals surface area contributed by atoms with Gasteiger partial charge < -0.3 is 9.84 Å². The topological polar surface area (TPSA) is 77.0 Å². The molecule has 0 saturated heterocycles. The highest BCUT2D eigenvalue weighted by atomic mass is 16.5. The molecule has 0 saturated carbocycles. The lowest BCUT2D eigenvalue weighted by atomic mass is 10.2. The lowest BCUT2D eigenvalue weighted by molar-refractivity contribution is 0.325. The smallest absolute Gasteiger partial charge is 0.119 e. The molecule has 0 amide bonds. The molecule has 1 N–H and O–H groups in total. The number of hydrogen-bond donors (Lipinski definition) is 1. The quantitative estimate of drug-likeness (QED) is 0.687. The Morgan fingerprint density at radius 3 is 1.91 bits per heavy atom. The van der Waals surface area contributed by atoms with Crippen molar-refractivity contribution in [2.24, 2.45) is 0 Å². The fraction of sp³-hybridized carbons (Fsp3) is 0.111. The van der Waals surface area contributed by atoms with Gasteiger partial charge >= 0.3 is 0 Å². The fourth-order valence-electron chi connectivity index (χ4n) is 1.42. The van der Waals surface area contributed by atoms with Crippen molar-refractivity contribution in [3.05, 3.63) is 72.3 Å². The minimum atomic E-state index is 0.189. The molecule has 0 fully saturated rings. The summed E-state index contributed by atoms with van der Waals surface area (Å²) >= 11 is 0. The van der Waals surface area contributed by atoms with Crippen LogP contribution in [-0.4, -0.2) is 11.7 Å². The minimum absolute atomic E-state index is 0.189. The molecule has 0 aliphatic heterocycles. The lowest BCUT2D eigenvalue weighted by Gasteiger charge is -2.03. The van der Waals surface area contributed by atoms with Gasteiger partial charge in [-0.2, -0.15) is 10.5 Å². The Morgan fingerprint density at radius 1 is 0.955 bits per heavy atom. The molecule has 4 heteroatoms. The summed E-state index contributed by atoms with van der Waals surface area (Å²) in [6.45, 7) is 4.23. The average molecular weight is 292 g/mol. The van der Waals surface area contributed by atoms with Crippen molar-refractivity contribution in [1.29, 1.82) is 10.5 Å². The Labute approximate surface area is 130 Å². The molecule has 4 nitrogen and oxygen atoms in total. The van der Waals surface area contributed by atoms with Crippen molar-refractivity contribution in [3.63, 3.8) is 0 Å². The molecule has 0 heterocycles. The van der Waals surface area contributed by atoms with Gasteiger partial charge in [0.2, 0.25) is 0 Å². The largest absolute Gasteiger partial charge is 0.508 e. The Hall–Kier alpha value is -3.24. The molecule has 0 aliphatic carbocycles. The minimum Gasteiger partial charge on any atom is -0.508 e. The summed E-state index contributed by atoms with van der Waals surface area (Å²) in [5.74, 6) is 0.981. The summed E-state index contributed by atoms with van der Waals surface area (Å²) in [4.78, 5) is 0. The standard InChI is InChI=1S/C11H11NO.C7H5NO/c1-2-3-8-13-11-6-4-10(9-12)5-7-11;8-5-6-1-3-7(9)4-2-6/h2,4-7H,1,3,8H2;1-4,9H. The second-order valence-electron chi connectivity index (χ2n) is 4.22. The molecule has 0 atom stereocenters. The van der Waals surface area contributed by atoms with Crippen molar-refractivity contribution in [2.45, 2.75) is 6.42 Å². The number of phenols is 1. The number of phenolic OH excluding ortho intramolecular Hbond substituents is 1. The predicted molar refractivity (Wildman–Crippen MR) is 84.3 cm³/mol. The zero-order valence-corrected chi connectivity index (χ0v) is 12.1. The van der Waals surface area contributed by atoms with Gasteiger partial charge in [0.05, 0.1) is 29.9 Å². The van der Waals surface area contributed by atoms with E-state index in [1.807, 2.05) is 18.2 Å². The molecule has 0 bridgehead atoms. The summed E-state index contributed by atoms with van der Waals surface area (Å²) < 4.78 is 5.37. The van der Waals surface area contributed by atoms with E-state index in [0.29, 0.717) is 17.7 Å². The van der Waals surface area contributed by atoms with Crippen LogP contribution >= 0.6 is 0 Å². The van der Waals surface area contributed by atoms with Crippen LogP contribution in [0.15, 0.2) is 61.2 Å². The SMILES string of the molecule is C=CCCOc1ccc(C#N)cc1.N#Cc1ccc(O)cc1. The van der Waals surface area contributed by atoms with Crippen LogP contribution < -0.4 is 4.74 Å². The van der Waals surface area contributed by atoms with E-state index in [1.165, 1.54) is 12.1 Å². The molecule has 0 aromatic heterocycles. The molecule has 0 aliphatic rings. The van der Waals surface area contributed by atoms with Crippen LogP contribution in [0.2, 0.25) is 0 Å². The first-order chi connectivity index (χ1) is 10.7. The van der Waals surface area contributed by atoms with E-state index in [0.717, 1.165) is 12.2 Å². The molecule has 2 aromatic rings. The highest BCUT2D eigenvalue weighted by Crippen LogP contribution is 2.11. The number of hydrogen-bond acceptors (Lipinski definition) is 4. The van der Waals surface area contributed by atoms with Crippen LogP contribution in [0.1, 0.15) is 17.5 Å². The van der Waals surface area contributed by atoms with Crippen LogP contribution in [0.4, 0.5) is 0 Å². The summed E-state index contributed by atoms with van der Waals surface area (Å²) in [6.07, 6.45) is 2.64. The van der Waals surface area contributed by atoms with E-state index in [9.17, 15) is 0 Å². The maximum atomic E-state index is 8.74. The molecule has 0 spiro atoms. The van der Waals surface area contributed by atoms with Gasteiger partial charge in [-0.25, -0.2) is 0 Å². The van der Waals surface area contributed by atoms with Gasteiger partial charge in [-0.05, 0) is 55.0 Å². The summed E-state index contributed by atoms with van der Waals surface area (Å²) in [7, 11) is 0. The third kappa shape index (κ3) is 6.27. The molecule has 110 valence electrons. The number of nitriles is 2. The zero-order chi connectivity index (χ0) is 16.2. The Balaban J connectivity index is 0.000000235. The maximum absolute atomic E-state index is 8.74. The molecule has 0 radical (unpaired) electrons. The first-order valence-corrected chi connectivity index (χ1v) is 6.62. The van der Waals surface area contributed by atoms with Crippen molar-refractivity contribution >= 4 is 0 Å². The van der Waals surface area contributed by atoms with E-state index in [2.05, 4.69) is 6.58 Å². The second-order valence-corrected chi connectivity index (χ2v) is 4.22. The normalized spacial score (nSPS) is 8.64. The van der Waals surface area contributed by atoms with Gasteiger partial charge in [0, 0.05) is 0 Å². The monoisotopic (exact) mass is 292 g/mol. The fourth-order valence-corrected chi connectivity index (χ4v) is 1.42. The van der Waals surface area contributed by atoms with E-state index in [4.69, 9.17) is 20.4 Å². The van der Waals surface area contributed by atoms with Crippen molar-refractivity contribution in [1.82, 2.24) is 0 Å². The zero-order valence-electron chi connectivity index (χ0n) is 12.1. The van der Waals surface area contributed by atoms with Gasteiger partial charge in [0.25, 0.3) is 0 Å². The van der Waals surface area contributed by atoms with Gasteiger partial charge in [-0.3, -0.25) is 0 Å². The summed E-state index contributed by atoms with van der Waals surface area (Å²) in [6, 6.07) is 17.2. The Bertz CT molecular complexity index is 662. The number of nitrogens with zero attached hydrogens (tertiary/aromatic N) is 2. The predicted octanol–water partition coefficient (Wildman–Crippen LogP) is 3.78. The van der Waals surface area contributed by atoms with Crippen LogP contribution in [0.5, 0.6) is 11.5 Å². The van der Waals surface area contributed by atoms with Crippen LogP contribution in [-0.2, 0) is 0 Å². The first kappa shape index (κ1) is 16.8.